The number of H-pyrrole nitrogens is 1. The summed E-state index contributed by atoms with van der Waals surface area (Å²) in [6.45, 7) is 3.39. The monoisotopic (exact) mass is 280 g/mol. The third-order valence-corrected chi connectivity index (χ3v) is 3.24. The average molecular weight is 280 g/mol. The summed E-state index contributed by atoms with van der Waals surface area (Å²) in [5.74, 6) is -0.839. The smallest absolute Gasteiger partial charge is 0.339 e. The molecule has 0 aliphatic carbocycles. The number of esters is 1. The second kappa shape index (κ2) is 5.19. The first-order chi connectivity index (χ1) is 9.04. The van der Waals surface area contributed by atoms with Gasteiger partial charge in [0.05, 0.1) is 12.7 Å². The van der Waals surface area contributed by atoms with E-state index in [-0.39, 0.29) is 5.91 Å². The number of nitrogens with one attached hydrogen (secondary N) is 2. The zero-order chi connectivity index (χ0) is 14.0. The molecule has 0 saturated carbocycles. The molecule has 0 aliphatic heterocycles. The van der Waals surface area contributed by atoms with Crippen LogP contribution in [0.15, 0.2) is 5.51 Å². The van der Waals surface area contributed by atoms with Crippen LogP contribution < -0.4 is 5.32 Å². The number of hydrogen-bond acceptors (Lipinski definition) is 6. The van der Waals surface area contributed by atoms with Gasteiger partial charge in [0.25, 0.3) is 5.91 Å². The van der Waals surface area contributed by atoms with Crippen molar-refractivity contribution in [1.29, 1.82) is 0 Å². The summed E-state index contributed by atoms with van der Waals surface area (Å²) in [6, 6.07) is 0. The van der Waals surface area contributed by atoms with Crippen molar-refractivity contribution in [2.24, 2.45) is 0 Å². The van der Waals surface area contributed by atoms with Crippen molar-refractivity contribution in [2.45, 2.75) is 13.8 Å². The number of aromatic nitrogens is 3. The number of methoxy groups -OCH3 is 1. The molecule has 0 aromatic carbocycles. The van der Waals surface area contributed by atoms with Crippen LogP contribution in [0.3, 0.4) is 0 Å². The molecule has 0 radical (unpaired) electrons. The molecule has 0 bridgehead atoms. The van der Waals surface area contributed by atoms with Crippen LogP contribution in [0.1, 0.15) is 32.1 Å². The lowest BCUT2D eigenvalue weighted by Crippen LogP contribution is -2.14. The summed E-state index contributed by atoms with van der Waals surface area (Å²) in [5, 5.41) is 10.3. The number of nitrogens with zero attached hydrogens (tertiary/aromatic N) is 2. The number of aromatic amines is 1. The molecular formula is C11H12N4O3S. The van der Waals surface area contributed by atoms with Crippen LogP contribution in [0.2, 0.25) is 0 Å². The molecule has 7 nitrogen and oxygen atoms in total. The van der Waals surface area contributed by atoms with Crippen molar-refractivity contribution in [2.75, 3.05) is 12.4 Å². The van der Waals surface area contributed by atoms with Crippen LogP contribution in [0.5, 0.6) is 0 Å². The van der Waals surface area contributed by atoms with Gasteiger partial charge in [0.1, 0.15) is 11.2 Å². The Balaban J connectivity index is 2.31. The molecule has 2 aromatic rings. The van der Waals surface area contributed by atoms with Gasteiger partial charge in [-0.15, -0.1) is 10.2 Å². The van der Waals surface area contributed by atoms with Crippen molar-refractivity contribution < 1.29 is 14.3 Å². The molecular weight excluding hydrogens is 268 g/mol. The highest BCUT2D eigenvalue weighted by Crippen LogP contribution is 2.20. The molecule has 100 valence electrons. The fourth-order valence-corrected chi connectivity index (χ4v) is 2.21. The van der Waals surface area contributed by atoms with Gasteiger partial charge < -0.3 is 9.72 Å². The highest BCUT2D eigenvalue weighted by Gasteiger charge is 2.22. The highest BCUT2D eigenvalue weighted by molar-refractivity contribution is 7.13. The lowest BCUT2D eigenvalue weighted by atomic mass is 10.1. The van der Waals surface area contributed by atoms with Gasteiger partial charge in [-0.3, -0.25) is 10.1 Å². The van der Waals surface area contributed by atoms with Crippen molar-refractivity contribution in [3.63, 3.8) is 0 Å². The maximum Gasteiger partial charge on any atom is 0.339 e. The second-order valence-electron chi connectivity index (χ2n) is 3.81. The van der Waals surface area contributed by atoms with Crippen molar-refractivity contribution >= 4 is 28.3 Å². The Morgan fingerprint density at radius 3 is 2.74 bits per heavy atom. The average Bonchev–Trinajstić information content (AvgIpc) is 2.97. The largest absolute Gasteiger partial charge is 0.465 e. The quantitative estimate of drug-likeness (QED) is 0.831. The molecule has 0 atom stereocenters. The van der Waals surface area contributed by atoms with E-state index < -0.39 is 5.97 Å². The summed E-state index contributed by atoms with van der Waals surface area (Å²) in [4.78, 5) is 26.6. The third-order valence-electron chi connectivity index (χ3n) is 2.63. The first-order valence-electron chi connectivity index (χ1n) is 5.39. The molecule has 0 aliphatic rings. The number of carbonyl (C=O) groups excluding carboxylic acids is 2. The molecule has 19 heavy (non-hydrogen) atoms. The number of anilines is 1. The van der Waals surface area contributed by atoms with E-state index in [0.29, 0.717) is 27.6 Å². The molecule has 2 rings (SSSR count). The van der Waals surface area contributed by atoms with E-state index >= 15 is 0 Å². The third kappa shape index (κ3) is 2.48. The van der Waals surface area contributed by atoms with E-state index in [9.17, 15) is 9.59 Å². The first-order valence-corrected chi connectivity index (χ1v) is 6.27. The van der Waals surface area contributed by atoms with Gasteiger partial charge >= 0.3 is 5.97 Å². The van der Waals surface area contributed by atoms with E-state index in [1.54, 1.807) is 13.8 Å². The van der Waals surface area contributed by atoms with Gasteiger partial charge in [-0.25, -0.2) is 4.79 Å². The molecule has 2 N–H and O–H groups in total. The van der Waals surface area contributed by atoms with Crippen LogP contribution in [-0.4, -0.2) is 34.2 Å². The van der Waals surface area contributed by atoms with Crippen LogP contribution in [0.25, 0.3) is 0 Å². The van der Waals surface area contributed by atoms with Crippen LogP contribution in [0.4, 0.5) is 5.13 Å². The van der Waals surface area contributed by atoms with E-state index in [4.69, 9.17) is 0 Å². The number of rotatable bonds is 3. The second-order valence-corrected chi connectivity index (χ2v) is 4.65. The number of carbonyl (C=O) groups is 2. The number of aryl methyl sites for hydroxylation is 1. The first kappa shape index (κ1) is 13.2. The molecule has 2 aromatic heterocycles. The van der Waals surface area contributed by atoms with Gasteiger partial charge in [0, 0.05) is 5.69 Å². The normalized spacial score (nSPS) is 10.3. The van der Waals surface area contributed by atoms with Gasteiger partial charge in [0.15, 0.2) is 0 Å². The fourth-order valence-electron chi connectivity index (χ4n) is 1.77. The summed E-state index contributed by atoms with van der Waals surface area (Å²) in [5.41, 5.74) is 3.35. The number of amides is 1. The Morgan fingerprint density at radius 1 is 1.42 bits per heavy atom. The SMILES string of the molecule is COC(=O)c1c(C)[nH]c(C(=O)Nc2nncs2)c1C. The highest BCUT2D eigenvalue weighted by atomic mass is 32.1. The number of ether oxygens (including phenoxy) is 1. The molecule has 0 unspecified atom stereocenters. The predicted molar refractivity (Wildman–Crippen MR) is 69.5 cm³/mol. The fraction of sp³-hybridized carbons (Fsp3) is 0.273. The van der Waals surface area contributed by atoms with Crippen molar-refractivity contribution in [1.82, 2.24) is 15.2 Å². The minimum atomic E-state index is -0.471. The minimum Gasteiger partial charge on any atom is -0.465 e. The Kier molecular flexibility index (Phi) is 3.61. The Hall–Kier alpha value is -2.22. The molecule has 0 fully saturated rings. The van der Waals surface area contributed by atoms with Crippen LogP contribution >= 0.6 is 11.3 Å². The van der Waals surface area contributed by atoms with E-state index in [2.05, 4.69) is 25.2 Å². The Bertz CT molecular complexity index is 618. The minimum absolute atomic E-state index is 0.313. The van der Waals surface area contributed by atoms with Gasteiger partial charge in [-0.2, -0.15) is 0 Å². The maximum absolute atomic E-state index is 12.1. The molecule has 8 heteroatoms. The maximum atomic E-state index is 12.1. The summed E-state index contributed by atoms with van der Waals surface area (Å²) < 4.78 is 4.69. The summed E-state index contributed by atoms with van der Waals surface area (Å²) >= 11 is 1.21. The zero-order valence-electron chi connectivity index (χ0n) is 10.6. The standard InChI is InChI=1S/C11H12N4O3S/c1-5-7(10(17)18-3)6(2)13-8(5)9(16)14-11-15-12-4-19-11/h4,13H,1-3H3,(H,14,15,16). The lowest BCUT2D eigenvalue weighted by molar-refractivity contribution is 0.0599. The molecule has 0 spiro atoms. The van der Waals surface area contributed by atoms with Gasteiger partial charge in [-0.1, -0.05) is 11.3 Å². The number of hydrogen-bond donors (Lipinski definition) is 2. The van der Waals surface area contributed by atoms with Gasteiger partial charge in [0.2, 0.25) is 5.13 Å². The van der Waals surface area contributed by atoms with E-state index in [1.807, 2.05) is 0 Å². The molecule has 2 heterocycles. The summed E-state index contributed by atoms with van der Waals surface area (Å²) in [7, 11) is 1.30. The lowest BCUT2D eigenvalue weighted by Gasteiger charge is -2.01. The van der Waals surface area contributed by atoms with E-state index in [0.717, 1.165) is 0 Å². The zero-order valence-corrected chi connectivity index (χ0v) is 11.4. The van der Waals surface area contributed by atoms with Gasteiger partial charge in [-0.05, 0) is 19.4 Å². The topological polar surface area (TPSA) is 97.0 Å². The Labute approximate surface area is 113 Å². The van der Waals surface area contributed by atoms with Crippen LogP contribution in [-0.2, 0) is 4.74 Å². The molecule has 0 saturated heterocycles. The Morgan fingerprint density at radius 2 is 2.16 bits per heavy atom. The predicted octanol–water partition coefficient (Wildman–Crippen LogP) is 1.52. The van der Waals surface area contributed by atoms with Crippen molar-refractivity contribution in [3.05, 3.63) is 28.0 Å². The summed E-state index contributed by atoms with van der Waals surface area (Å²) in [6.07, 6.45) is 0. The van der Waals surface area contributed by atoms with Crippen molar-refractivity contribution in [3.8, 4) is 0 Å². The van der Waals surface area contributed by atoms with Crippen LogP contribution in [0, 0.1) is 13.8 Å². The molecule has 1 amide bonds. The van der Waals surface area contributed by atoms with E-state index in [1.165, 1.54) is 24.0 Å².